The molecule has 24 heavy (non-hydrogen) atoms. The van der Waals surface area contributed by atoms with Crippen molar-refractivity contribution in [3.63, 3.8) is 0 Å². The fourth-order valence-electron chi connectivity index (χ4n) is 2.49. The average Bonchev–Trinajstić information content (AvgIpc) is 3.20. The van der Waals surface area contributed by atoms with E-state index in [1.807, 2.05) is 0 Å². The van der Waals surface area contributed by atoms with Gasteiger partial charge in [-0.3, -0.25) is 14.6 Å². The van der Waals surface area contributed by atoms with Crippen molar-refractivity contribution in [1.82, 2.24) is 15.1 Å². The number of amides is 1. The molecule has 0 saturated carbocycles. The topological polar surface area (TPSA) is 95.2 Å². The van der Waals surface area contributed by atoms with Crippen molar-refractivity contribution in [3.05, 3.63) is 40.1 Å². The van der Waals surface area contributed by atoms with Gasteiger partial charge in [0.05, 0.1) is 16.9 Å². The van der Waals surface area contributed by atoms with Crippen LogP contribution in [-0.4, -0.2) is 42.5 Å². The zero-order chi connectivity index (χ0) is 17.3. The normalized spacial score (nSPS) is 14.8. The second kappa shape index (κ2) is 6.62. The van der Waals surface area contributed by atoms with E-state index >= 15 is 0 Å². The number of carbonyl (C=O) groups excluding carboxylic acids is 1. The van der Waals surface area contributed by atoms with Crippen molar-refractivity contribution in [1.29, 1.82) is 0 Å². The molecule has 0 radical (unpaired) electrons. The summed E-state index contributed by atoms with van der Waals surface area (Å²) >= 11 is 11.8. The first kappa shape index (κ1) is 17.1. The first-order valence-corrected chi connectivity index (χ1v) is 9.43. The van der Waals surface area contributed by atoms with E-state index < -0.39 is 10.0 Å². The van der Waals surface area contributed by atoms with E-state index in [1.54, 1.807) is 4.90 Å². The molecule has 10 heteroatoms. The zero-order valence-corrected chi connectivity index (χ0v) is 14.7. The van der Waals surface area contributed by atoms with Gasteiger partial charge in [-0.15, -0.1) is 0 Å². The summed E-state index contributed by atoms with van der Waals surface area (Å²) in [7, 11) is -4.01. The number of hydrogen-bond donors (Lipinski definition) is 2. The predicted octanol–water partition coefficient (Wildman–Crippen LogP) is 2.75. The van der Waals surface area contributed by atoms with Crippen LogP contribution in [0.3, 0.4) is 0 Å². The third kappa shape index (κ3) is 3.35. The van der Waals surface area contributed by atoms with Gasteiger partial charge in [-0.25, -0.2) is 8.42 Å². The SMILES string of the molecule is O=C(c1[nH]ncc1NS(=O)(=O)c1cc(Cl)ccc1Cl)N1CCCC1. The van der Waals surface area contributed by atoms with Gasteiger partial charge >= 0.3 is 0 Å². The van der Waals surface area contributed by atoms with Gasteiger partial charge in [-0.1, -0.05) is 23.2 Å². The Balaban J connectivity index is 1.90. The number of rotatable bonds is 4. The Labute approximate surface area is 149 Å². The van der Waals surface area contributed by atoms with E-state index in [4.69, 9.17) is 23.2 Å². The molecule has 0 bridgehead atoms. The number of benzene rings is 1. The quantitative estimate of drug-likeness (QED) is 0.841. The first-order chi connectivity index (χ1) is 11.4. The number of aromatic nitrogens is 2. The van der Waals surface area contributed by atoms with E-state index in [1.165, 1.54) is 24.4 Å². The van der Waals surface area contributed by atoms with Crippen LogP contribution in [0.15, 0.2) is 29.3 Å². The lowest BCUT2D eigenvalue weighted by Gasteiger charge is -2.15. The van der Waals surface area contributed by atoms with Crippen molar-refractivity contribution in [2.75, 3.05) is 17.8 Å². The van der Waals surface area contributed by atoms with Crippen LogP contribution in [0.5, 0.6) is 0 Å². The van der Waals surface area contributed by atoms with Crippen LogP contribution in [0, 0.1) is 0 Å². The molecule has 128 valence electrons. The molecule has 1 aliphatic rings. The van der Waals surface area contributed by atoms with E-state index in [0.29, 0.717) is 13.1 Å². The summed E-state index contributed by atoms with van der Waals surface area (Å²) in [5.41, 5.74) is 0.168. The highest BCUT2D eigenvalue weighted by molar-refractivity contribution is 7.92. The molecule has 1 aliphatic heterocycles. The van der Waals surface area contributed by atoms with Crippen molar-refractivity contribution >= 4 is 44.8 Å². The molecular weight excluding hydrogens is 375 g/mol. The fourth-order valence-corrected chi connectivity index (χ4v) is 4.31. The van der Waals surface area contributed by atoms with Crippen LogP contribution in [0.1, 0.15) is 23.3 Å². The number of anilines is 1. The van der Waals surface area contributed by atoms with Crippen LogP contribution in [0.4, 0.5) is 5.69 Å². The summed E-state index contributed by atoms with van der Waals surface area (Å²) in [5, 5.41) is 6.60. The highest BCUT2D eigenvalue weighted by Crippen LogP contribution is 2.28. The zero-order valence-electron chi connectivity index (χ0n) is 12.4. The van der Waals surface area contributed by atoms with Crippen LogP contribution in [-0.2, 0) is 10.0 Å². The summed E-state index contributed by atoms with van der Waals surface area (Å²) in [4.78, 5) is 13.9. The molecule has 1 aromatic heterocycles. The third-order valence-corrected chi connectivity index (χ3v) is 5.76. The van der Waals surface area contributed by atoms with Crippen LogP contribution >= 0.6 is 23.2 Å². The number of halogens is 2. The lowest BCUT2D eigenvalue weighted by molar-refractivity contribution is 0.0788. The van der Waals surface area contributed by atoms with E-state index in [-0.39, 0.29) is 32.2 Å². The monoisotopic (exact) mass is 388 g/mol. The molecule has 1 fully saturated rings. The molecule has 0 spiro atoms. The summed E-state index contributed by atoms with van der Waals surface area (Å²) in [6.07, 6.45) is 3.11. The summed E-state index contributed by atoms with van der Waals surface area (Å²) in [6.45, 7) is 1.29. The molecule has 2 heterocycles. The second-order valence-corrected chi connectivity index (χ2v) is 7.83. The van der Waals surface area contributed by atoms with Gasteiger partial charge < -0.3 is 4.90 Å². The number of hydrogen-bond acceptors (Lipinski definition) is 4. The maximum Gasteiger partial charge on any atom is 0.274 e. The molecule has 0 unspecified atom stereocenters. The average molecular weight is 389 g/mol. The number of H-pyrrole nitrogens is 1. The van der Waals surface area contributed by atoms with Crippen molar-refractivity contribution < 1.29 is 13.2 Å². The molecule has 1 saturated heterocycles. The Morgan fingerprint density at radius 3 is 2.67 bits per heavy atom. The Hall–Kier alpha value is -1.77. The van der Waals surface area contributed by atoms with Crippen molar-refractivity contribution in [3.8, 4) is 0 Å². The minimum absolute atomic E-state index is 0.0304. The second-order valence-electron chi connectivity index (χ2n) is 5.34. The van der Waals surface area contributed by atoms with Crippen molar-refractivity contribution in [2.45, 2.75) is 17.7 Å². The molecule has 3 rings (SSSR count). The summed E-state index contributed by atoms with van der Waals surface area (Å²) < 4.78 is 27.4. The standard InChI is InChI=1S/C14H14Cl2N4O3S/c15-9-3-4-10(16)12(7-9)24(22,23)19-11-8-17-18-13(11)14(21)20-5-1-2-6-20/h3-4,7-8,19H,1-2,5-6H2,(H,17,18). The van der Waals surface area contributed by atoms with E-state index in [0.717, 1.165) is 12.8 Å². The third-order valence-electron chi connectivity index (χ3n) is 3.67. The van der Waals surface area contributed by atoms with E-state index in [2.05, 4.69) is 14.9 Å². The van der Waals surface area contributed by atoms with Crippen LogP contribution < -0.4 is 4.72 Å². The Morgan fingerprint density at radius 1 is 1.25 bits per heavy atom. The Bertz CT molecular complexity index is 876. The number of nitrogens with zero attached hydrogens (tertiary/aromatic N) is 2. The van der Waals surface area contributed by atoms with Crippen molar-refractivity contribution in [2.24, 2.45) is 0 Å². The molecule has 2 N–H and O–H groups in total. The number of likely N-dealkylation sites (tertiary alicyclic amines) is 1. The maximum absolute atomic E-state index is 12.5. The summed E-state index contributed by atoms with van der Waals surface area (Å²) in [5.74, 6) is -0.292. The highest BCUT2D eigenvalue weighted by atomic mass is 35.5. The van der Waals surface area contributed by atoms with Crippen LogP contribution in [0.2, 0.25) is 10.0 Å². The van der Waals surface area contributed by atoms with Gasteiger partial charge in [-0.05, 0) is 31.0 Å². The summed E-state index contributed by atoms with van der Waals surface area (Å²) in [6, 6.07) is 4.13. The fraction of sp³-hybridized carbons (Fsp3) is 0.286. The molecule has 2 aromatic rings. The number of sulfonamides is 1. The molecular formula is C14H14Cl2N4O3S. The van der Waals surface area contributed by atoms with Gasteiger partial charge in [0, 0.05) is 18.1 Å². The van der Waals surface area contributed by atoms with Crippen LogP contribution in [0.25, 0.3) is 0 Å². The number of aromatic amines is 1. The number of nitrogens with one attached hydrogen (secondary N) is 2. The van der Waals surface area contributed by atoms with Gasteiger partial charge in [0.15, 0.2) is 0 Å². The molecule has 7 nitrogen and oxygen atoms in total. The lowest BCUT2D eigenvalue weighted by atomic mass is 10.3. The predicted molar refractivity (Wildman–Crippen MR) is 91.0 cm³/mol. The number of carbonyl (C=O) groups is 1. The lowest BCUT2D eigenvalue weighted by Crippen LogP contribution is -2.29. The van der Waals surface area contributed by atoms with Gasteiger partial charge in [0.2, 0.25) is 0 Å². The first-order valence-electron chi connectivity index (χ1n) is 7.19. The molecule has 0 atom stereocenters. The molecule has 0 aliphatic carbocycles. The van der Waals surface area contributed by atoms with Gasteiger partial charge in [0.1, 0.15) is 10.6 Å². The minimum atomic E-state index is -4.01. The van der Waals surface area contributed by atoms with Gasteiger partial charge in [0.25, 0.3) is 15.9 Å². The Morgan fingerprint density at radius 2 is 1.96 bits per heavy atom. The maximum atomic E-state index is 12.5. The molecule has 1 amide bonds. The Kier molecular flexibility index (Phi) is 4.71. The van der Waals surface area contributed by atoms with Gasteiger partial charge in [-0.2, -0.15) is 5.10 Å². The smallest absolute Gasteiger partial charge is 0.274 e. The molecule has 1 aromatic carbocycles. The minimum Gasteiger partial charge on any atom is -0.337 e. The largest absolute Gasteiger partial charge is 0.337 e. The van der Waals surface area contributed by atoms with E-state index in [9.17, 15) is 13.2 Å². The highest BCUT2D eigenvalue weighted by Gasteiger charge is 2.26.